The maximum absolute atomic E-state index is 14.3. The van der Waals surface area contributed by atoms with Crippen molar-refractivity contribution >= 4 is 21.7 Å². The SMILES string of the molecule is CC(C)COc1ccc(F)cc1-c1ccc(C(=O)NS(=O)(=O)c2ccn[nH]2)c(N2CCC(C)(C)CC2)n1. The first kappa shape index (κ1) is 26.6. The van der Waals surface area contributed by atoms with Crippen LogP contribution in [0.4, 0.5) is 10.2 Å². The van der Waals surface area contributed by atoms with E-state index in [2.05, 4.69) is 28.8 Å². The normalized spacial score (nSPS) is 15.6. The molecule has 0 atom stereocenters. The summed E-state index contributed by atoms with van der Waals surface area (Å²) in [6.07, 6.45) is 3.03. The van der Waals surface area contributed by atoms with Gasteiger partial charge in [-0.2, -0.15) is 13.5 Å². The highest BCUT2D eigenvalue weighted by Gasteiger charge is 2.30. The van der Waals surface area contributed by atoms with Gasteiger partial charge < -0.3 is 9.64 Å². The Balaban J connectivity index is 1.75. The van der Waals surface area contributed by atoms with E-state index in [1.165, 1.54) is 30.5 Å². The van der Waals surface area contributed by atoms with E-state index in [4.69, 9.17) is 9.72 Å². The van der Waals surface area contributed by atoms with E-state index in [1.807, 2.05) is 18.7 Å². The van der Waals surface area contributed by atoms with Gasteiger partial charge in [-0.15, -0.1) is 0 Å². The Morgan fingerprint density at radius 3 is 2.57 bits per heavy atom. The first-order valence-electron chi connectivity index (χ1n) is 12.2. The number of hydrogen-bond donors (Lipinski definition) is 2. The lowest BCUT2D eigenvalue weighted by Gasteiger charge is -2.38. The van der Waals surface area contributed by atoms with Gasteiger partial charge in [-0.05, 0) is 60.6 Å². The molecule has 0 bridgehead atoms. The number of aromatic nitrogens is 3. The highest BCUT2D eigenvalue weighted by atomic mass is 32.2. The predicted octanol–water partition coefficient (Wildman–Crippen LogP) is 4.39. The number of pyridine rings is 1. The Bertz CT molecular complexity index is 1360. The summed E-state index contributed by atoms with van der Waals surface area (Å²) in [5.74, 6) is -0.177. The molecule has 11 heteroatoms. The van der Waals surface area contributed by atoms with E-state index >= 15 is 0 Å². The molecule has 0 saturated carbocycles. The Morgan fingerprint density at radius 2 is 1.92 bits per heavy atom. The molecule has 0 unspecified atom stereocenters. The molecule has 1 aromatic carbocycles. The number of hydrogen-bond acceptors (Lipinski definition) is 7. The van der Waals surface area contributed by atoms with Crippen molar-refractivity contribution in [1.82, 2.24) is 19.9 Å². The zero-order valence-corrected chi connectivity index (χ0v) is 22.2. The van der Waals surface area contributed by atoms with Crippen molar-refractivity contribution in [1.29, 1.82) is 0 Å². The number of ether oxygens (including phenoxy) is 1. The summed E-state index contributed by atoms with van der Waals surface area (Å²) in [6.45, 7) is 10.1. The van der Waals surface area contributed by atoms with Crippen LogP contribution in [0, 0.1) is 17.2 Å². The van der Waals surface area contributed by atoms with Crippen LogP contribution in [0.15, 0.2) is 47.6 Å². The molecule has 0 spiro atoms. The Kier molecular flexibility index (Phi) is 7.54. The summed E-state index contributed by atoms with van der Waals surface area (Å²) in [5.41, 5.74) is 1.12. The van der Waals surface area contributed by atoms with Crippen molar-refractivity contribution in [3.05, 3.63) is 54.0 Å². The summed E-state index contributed by atoms with van der Waals surface area (Å²) < 4.78 is 47.6. The van der Waals surface area contributed by atoms with Gasteiger partial charge in [0, 0.05) is 18.7 Å². The average Bonchev–Trinajstić information content (AvgIpc) is 3.39. The van der Waals surface area contributed by atoms with E-state index in [1.54, 1.807) is 12.1 Å². The fraction of sp³-hybridized carbons (Fsp3) is 0.423. The van der Waals surface area contributed by atoms with E-state index in [0.29, 0.717) is 42.5 Å². The van der Waals surface area contributed by atoms with Crippen LogP contribution in [-0.2, 0) is 10.0 Å². The molecule has 3 heterocycles. The number of nitrogens with zero attached hydrogens (tertiary/aromatic N) is 3. The maximum Gasteiger partial charge on any atom is 0.281 e. The van der Waals surface area contributed by atoms with Gasteiger partial charge in [-0.25, -0.2) is 14.1 Å². The number of halogens is 1. The second-order valence-electron chi connectivity index (χ2n) is 10.4. The number of H-pyrrole nitrogens is 1. The van der Waals surface area contributed by atoms with Crippen molar-refractivity contribution in [2.75, 3.05) is 24.6 Å². The number of sulfonamides is 1. The Hall–Kier alpha value is -3.47. The van der Waals surface area contributed by atoms with Crippen LogP contribution in [-0.4, -0.2) is 49.2 Å². The number of rotatable bonds is 8. The first-order chi connectivity index (χ1) is 17.4. The van der Waals surface area contributed by atoms with Gasteiger partial charge in [0.25, 0.3) is 15.9 Å². The third-order valence-corrected chi connectivity index (χ3v) is 7.58. The van der Waals surface area contributed by atoms with Crippen LogP contribution in [0.5, 0.6) is 5.75 Å². The molecular weight excluding hydrogens is 497 g/mol. The molecule has 1 aliphatic rings. The summed E-state index contributed by atoms with van der Waals surface area (Å²) in [7, 11) is -4.15. The molecule has 1 fully saturated rings. The van der Waals surface area contributed by atoms with Gasteiger partial charge in [-0.1, -0.05) is 27.7 Å². The number of benzene rings is 1. The second kappa shape index (κ2) is 10.5. The maximum atomic E-state index is 14.3. The van der Waals surface area contributed by atoms with Gasteiger partial charge in [0.15, 0.2) is 5.03 Å². The van der Waals surface area contributed by atoms with Crippen LogP contribution in [0.25, 0.3) is 11.3 Å². The van der Waals surface area contributed by atoms with Crippen molar-refractivity contribution in [3.8, 4) is 17.0 Å². The molecule has 37 heavy (non-hydrogen) atoms. The van der Waals surface area contributed by atoms with Gasteiger partial charge in [0.05, 0.1) is 24.1 Å². The number of carbonyl (C=O) groups is 1. The molecule has 2 N–H and O–H groups in total. The van der Waals surface area contributed by atoms with Crippen molar-refractivity contribution in [2.24, 2.45) is 11.3 Å². The van der Waals surface area contributed by atoms with Crippen LogP contribution in [0.2, 0.25) is 0 Å². The van der Waals surface area contributed by atoms with Crippen LogP contribution < -0.4 is 14.4 Å². The van der Waals surface area contributed by atoms with Crippen molar-refractivity contribution in [3.63, 3.8) is 0 Å². The average molecular weight is 530 g/mol. The molecular formula is C26H32FN5O4S. The molecule has 2 aromatic heterocycles. The zero-order valence-electron chi connectivity index (χ0n) is 21.4. The quantitative estimate of drug-likeness (QED) is 0.444. The molecule has 0 radical (unpaired) electrons. The van der Waals surface area contributed by atoms with E-state index in [9.17, 15) is 17.6 Å². The highest BCUT2D eigenvalue weighted by molar-refractivity contribution is 7.90. The molecule has 1 aliphatic heterocycles. The fourth-order valence-corrected chi connectivity index (χ4v) is 4.93. The van der Waals surface area contributed by atoms with Gasteiger partial charge in [0.2, 0.25) is 0 Å². The number of aromatic amines is 1. The molecule has 1 saturated heterocycles. The van der Waals surface area contributed by atoms with Crippen LogP contribution in [0.3, 0.4) is 0 Å². The highest BCUT2D eigenvalue weighted by Crippen LogP contribution is 2.36. The lowest BCUT2D eigenvalue weighted by molar-refractivity contribution is 0.0981. The fourth-order valence-electron chi connectivity index (χ4n) is 4.05. The topological polar surface area (TPSA) is 117 Å². The van der Waals surface area contributed by atoms with Gasteiger partial charge >= 0.3 is 0 Å². The third-order valence-electron chi connectivity index (χ3n) is 6.32. The van der Waals surface area contributed by atoms with Crippen molar-refractivity contribution in [2.45, 2.75) is 45.6 Å². The lowest BCUT2D eigenvalue weighted by atomic mass is 9.82. The molecule has 0 aliphatic carbocycles. The molecule has 4 rings (SSSR count). The van der Waals surface area contributed by atoms with Crippen molar-refractivity contribution < 1.29 is 22.3 Å². The minimum atomic E-state index is -4.15. The standard InChI is InChI=1S/C26H32FN5O4S/c1-17(2)16-36-22-8-5-18(27)15-20(22)21-7-6-19(24(29-21)32-13-10-26(3,4)11-14-32)25(33)31-37(34,35)23-9-12-28-30-23/h5-9,12,15,17H,10-11,13-14,16H2,1-4H3,(H,28,30)(H,31,33). The zero-order chi connectivity index (χ0) is 26.8. The minimum Gasteiger partial charge on any atom is -0.493 e. The summed E-state index contributed by atoms with van der Waals surface area (Å²) in [4.78, 5) is 19.9. The number of piperidine rings is 1. The number of nitrogens with one attached hydrogen (secondary N) is 2. The molecule has 3 aromatic rings. The largest absolute Gasteiger partial charge is 0.493 e. The van der Waals surface area contributed by atoms with Crippen LogP contribution >= 0.6 is 0 Å². The van der Waals surface area contributed by atoms with E-state index in [0.717, 1.165) is 12.8 Å². The summed E-state index contributed by atoms with van der Waals surface area (Å²) >= 11 is 0. The monoisotopic (exact) mass is 529 g/mol. The second-order valence-corrected chi connectivity index (χ2v) is 12.1. The first-order valence-corrected chi connectivity index (χ1v) is 13.7. The summed E-state index contributed by atoms with van der Waals surface area (Å²) in [5, 5.41) is 5.77. The predicted molar refractivity (Wildman–Crippen MR) is 138 cm³/mol. The molecule has 9 nitrogen and oxygen atoms in total. The lowest BCUT2D eigenvalue weighted by Crippen LogP contribution is -2.39. The van der Waals surface area contributed by atoms with E-state index in [-0.39, 0.29) is 21.9 Å². The van der Waals surface area contributed by atoms with Crippen LogP contribution in [0.1, 0.15) is 50.9 Å². The number of anilines is 1. The minimum absolute atomic E-state index is 0.104. The smallest absolute Gasteiger partial charge is 0.281 e. The van der Waals surface area contributed by atoms with Gasteiger partial charge in [0.1, 0.15) is 17.4 Å². The van der Waals surface area contributed by atoms with Gasteiger partial charge in [-0.3, -0.25) is 9.89 Å². The molecule has 1 amide bonds. The third kappa shape index (κ3) is 6.27. The number of carbonyl (C=O) groups excluding carboxylic acids is 1. The molecule has 198 valence electrons. The Morgan fingerprint density at radius 1 is 1.19 bits per heavy atom. The van der Waals surface area contributed by atoms with E-state index < -0.39 is 21.7 Å². The Labute approximate surface area is 216 Å². The summed E-state index contributed by atoms with van der Waals surface area (Å²) in [6, 6.07) is 8.60. The number of amides is 1.